The average molecular weight is 307 g/mol. The van der Waals surface area contributed by atoms with Gasteiger partial charge in [0, 0.05) is 6.42 Å². The first-order valence-electron chi connectivity index (χ1n) is 7.55. The lowest BCUT2D eigenvalue weighted by Gasteiger charge is -2.21. The zero-order valence-electron chi connectivity index (χ0n) is 13.6. The van der Waals surface area contributed by atoms with Crippen LogP contribution in [0.2, 0.25) is 0 Å². The molecule has 0 bridgehead atoms. The molecule has 1 aromatic rings. The molecule has 2 N–H and O–H groups in total. The minimum absolute atomic E-state index is 0.0125. The molecule has 0 spiro atoms. The van der Waals surface area contributed by atoms with E-state index in [1.165, 1.54) is 0 Å². The molecule has 0 fully saturated rings. The summed E-state index contributed by atoms with van der Waals surface area (Å²) in [6, 6.07) is 6.71. The number of amides is 1. The van der Waals surface area contributed by atoms with Crippen molar-refractivity contribution in [2.24, 2.45) is 5.92 Å². The van der Waals surface area contributed by atoms with Gasteiger partial charge in [0.15, 0.2) is 0 Å². The summed E-state index contributed by atoms with van der Waals surface area (Å²) in [6.45, 7) is 5.67. The van der Waals surface area contributed by atoms with Crippen molar-refractivity contribution < 1.29 is 19.4 Å². The summed E-state index contributed by atoms with van der Waals surface area (Å²) < 4.78 is 5.17. The lowest BCUT2D eigenvalue weighted by molar-refractivity contribution is -0.143. The molecule has 0 heterocycles. The number of carbonyl (C=O) groups excluding carboxylic acids is 1. The maximum Gasteiger partial charge on any atom is 0.326 e. The van der Waals surface area contributed by atoms with Gasteiger partial charge in [-0.05, 0) is 29.5 Å². The molecule has 5 heteroatoms. The summed E-state index contributed by atoms with van der Waals surface area (Å²) in [5, 5.41) is 11.8. The van der Waals surface area contributed by atoms with Gasteiger partial charge in [0.2, 0.25) is 5.91 Å². The van der Waals surface area contributed by atoms with Crippen LogP contribution in [-0.4, -0.2) is 30.1 Å². The highest BCUT2D eigenvalue weighted by atomic mass is 16.5. The van der Waals surface area contributed by atoms with Crippen LogP contribution >= 0.6 is 0 Å². The lowest BCUT2D eigenvalue weighted by Crippen LogP contribution is -2.45. The number of carboxylic acid groups (broad SMARTS) is 1. The minimum atomic E-state index is -0.989. The molecule has 0 saturated heterocycles. The number of methoxy groups -OCH3 is 1. The van der Waals surface area contributed by atoms with Gasteiger partial charge in [-0.2, -0.15) is 0 Å². The molecule has 5 nitrogen and oxygen atoms in total. The quantitative estimate of drug-likeness (QED) is 0.774. The number of ether oxygens (including phenoxy) is 1. The van der Waals surface area contributed by atoms with Gasteiger partial charge in [0.05, 0.1) is 7.11 Å². The van der Waals surface area contributed by atoms with Gasteiger partial charge in [-0.25, -0.2) is 4.79 Å². The van der Waals surface area contributed by atoms with Crippen LogP contribution in [-0.2, 0) is 9.59 Å². The summed E-state index contributed by atoms with van der Waals surface area (Å²) in [5.74, 6) is -0.609. The van der Waals surface area contributed by atoms with Gasteiger partial charge in [0.1, 0.15) is 11.8 Å². The zero-order valence-corrected chi connectivity index (χ0v) is 13.6. The molecule has 0 aliphatic rings. The van der Waals surface area contributed by atoms with Crippen molar-refractivity contribution in [2.45, 2.75) is 45.6 Å². The van der Waals surface area contributed by atoms with E-state index in [9.17, 15) is 14.7 Å². The van der Waals surface area contributed by atoms with Crippen molar-refractivity contribution in [1.82, 2.24) is 5.32 Å². The number of rotatable bonds is 8. The molecule has 3 unspecified atom stereocenters. The third-order valence-corrected chi connectivity index (χ3v) is 3.95. The van der Waals surface area contributed by atoms with E-state index in [0.717, 1.165) is 11.3 Å². The molecule has 0 aromatic heterocycles. The van der Waals surface area contributed by atoms with Gasteiger partial charge in [-0.3, -0.25) is 4.79 Å². The van der Waals surface area contributed by atoms with E-state index in [2.05, 4.69) is 5.32 Å². The van der Waals surface area contributed by atoms with Crippen LogP contribution < -0.4 is 10.1 Å². The first-order valence-corrected chi connectivity index (χ1v) is 7.55. The van der Waals surface area contributed by atoms with Crippen LogP contribution in [0.25, 0.3) is 0 Å². The molecule has 0 saturated carbocycles. The Labute approximate surface area is 131 Å². The largest absolute Gasteiger partial charge is 0.497 e. The van der Waals surface area contributed by atoms with Gasteiger partial charge in [0.25, 0.3) is 0 Å². The summed E-state index contributed by atoms with van der Waals surface area (Å²) in [5.41, 5.74) is 0.991. The average Bonchev–Trinajstić information content (AvgIpc) is 2.51. The molecule has 1 amide bonds. The third-order valence-electron chi connectivity index (χ3n) is 3.95. The SMILES string of the molecule is CCC(C)C(NC(=O)CC(C)c1cccc(OC)c1)C(=O)O. The Morgan fingerprint density at radius 2 is 2.00 bits per heavy atom. The Kier molecular flexibility index (Phi) is 6.89. The smallest absolute Gasteiger partial charge is 0.326 e. The second kappa shape index (κ2) is 8.41. The van der Waals surface area contributed by atoms with Crippen LogP contribution in [0.4, 0.5) is 0 Å². The van der Waals surface area contributed by atoms with E-state index in [-0.39, 0.29) is 24.2 Å². The lowest BCUT2D eigenvalue weighted by atomic mass is 9.95. The maximum absolute atomic E-state index is 12.1. The molecular weight excluding hydrogens is 282 g/mol. The molecule has 1 rings (SSSR count). The molecule has 122 valence electrons. The number of nitrogens with one attached hydrogen (secondary N) is 1. The monoisotopic (exact) mass is 307 g/mol. The second-order valence-corrected chi connectivity index (χ2v) is 5.65. The van der Waals surface area contributed by atoms with Crippen LogP contribution in [0.3, 0.4) is 0 Å². The van der Waals surface area contributed by atoms with Crippen LogP contribution in [0.5, 0.6) is 5.75 Å². The highest BCUT2D eigenvalue weighted by Gasteiger charge is 2.25. The first-order chi connectivity index (χ1) is 10.4. The van der Waals surface area contributed by atoms with Gasteiger partial charge in [-0.15, -0.1) is 0 Å². The standard InChI is InChI=1S/C17H25NO4/c1-5-11(2)16(17(20)21)18-15(19)9-12(3)13-7-6-8-14(10-13)22-4/h6-8,10-12,16H,5,9H2,1-4H3,(H,18,19)(H,20,21). The van der Waals surface area contributed by atoms with E-state index in [1.807, 2.05) is 45.0 Å². The number of aliphatic carboxylic acids is 1. The summed E-state index contributed by atoms with van der Waals surface area (Å²) in [4.78, 5) is 23.4. The number of carbonyl (C=O) groups is 2. The Morgan fingerprint density at radius 1 is 1.32 bits per heavy atom. The van der Waals surface area contributed by atoms with Crippen LogP contribution in [0, 0.1) is 5.92 Å². The van der Waals surface area contributed by atoms with Crippen LogP contribution in [0.1, 0.15) is 45.1 Å². The molecule has 0 aliphatic carbocycles. The van der Waals surface area contributed by atoms with E-state index in [4.69, 9.17) is 4.74 Å². The van der Waals surface area contributed by atoms with Gasteiger partial charge in [-0.1, -0.05) is 39.3 Å². The van der Waals surface area contributed by atoms with E-state index in [0.29, 0.717) is 6.42 Å². The van der Waals surface area contributed by atoms with Crippen molar-refractivity contribution in [2.75, 3.05) is 7.11 Å². The number of hydrogen-bond acceptors (Lipinski definition) is 3. The van der Waals surface area contributed by atoms with Crippen molar-refractivity contribution in [3.8, 4) is 5.75 Å². The fourth-order valence-electron chi connectivity index (χ4n) is 2.26. The third kappa shape index (κ3) is 5.06. The van der Waals surface area contributed by atoms with Gasteiger partial charge < -0.3 is 15.2 Å². The highest BCUT2D eigenvalue weighted by Crippen LogP contribution is 2.23. The molecule has 0 aliphatic heterocycles. The normalized spacial score (nSPS) is 14.7. The number of carboxylic acids is 1. The predicted molar refractivity (Wildman–Crippen MR) is 85.0 cm³/mol. The molecule has 3 atom stereocenters. The molecule has 0 radical (unpaired) electrons. The second-order valence-electron chi connectivity index (χ2n) is 5.65. The summed E-state index contributed by atoms with van der Waals surface area (Å²) in [7, 11) is 1.60. The zero-order chi connectivity index (χ0) is 16.7. The van der Waals surface area contributed by atoms with Gasteiger partial charge >= 0.3 is 5.97 Å². The van der Waals surface area contributed by atoms with E-state index in [1.54, 1.807) is 7.11 Å². The Hall–Kier alpha value is -2.04. The van der Waals surface area contributed by atoms with Crippen molar-refractivity contribution in [3.63, 3.8) is 0 Å². The van der Waals surface area contributed by atoms with Crippen LogP contribution in [0.15, 0.2) is 24.3 Å². The Bertz CT molecular complexity index is 515. The topological polar surface area (TPSA) is 75.6 Å². The van der Waals surface area contributed by atoms with Crippen molar-refractivity contribution in [1.29, 1.82) is 0 Å². The fraction of sp³-hybridized carbons (Fsp3) is 0.529. The summed E-state index contributed by atoms with van der Waals surface area (Å²) >= 11 is 0. The maximum atomic E-state index is 12.1. The van der Waals surface area contributed by atoms with Crippen molar-refractivity contribution >= 4 is 11.9 Å². The molecular formula is C17H25NO4. The first kappa shape index (κ1) is 18.0. The predicted octanol–water partition coefficient (Wildman–Crippen LogP) is 2.80. The molecule has 22 heavy (non-hydrogen) atoms. The minimum Gasteiger partial charge on any atom is -0.497 e. The Morgan fingerprint density at radius 3 is 2.55 bits per heavy atom. The summed E-state index contributed by atoms with van der Waals surface area (Å²) in [6.07, 6.45) is 0.941. The van der Waals surface area contributed by atoms with E-state index >= 15 is 0 Å². The Balaban J connectivity index is 2.68. The number of benzene rings is 1. The fourth-order valence-corrected chi connectivity index (χ4v) is 2.26. The van der Waals surface area contributed by atoms with Crippen molar-refractivity contribution in [3.05, 3.63) is 29.8 Å². The number of hydrogen-bond donors (Lipinski definition) is 2. The highest BCUT2D eigenvalue weighted by molar-refractivity contribution is 5.84. The van der Waals surface area contributed by atoms with E-state index < -0.39 is 12.0 Å². The molecule has 1 aromatic carbocycles.